The second-order valence-corrected chi connectivity index (χ2v) is 6.64. The Bertz CT molecular complexity index is 839. The van der Waals surface area contributed by atoms with Gasteiger partial charge in [0.15, 0.2) is 17.8 Å². The molecule has 0 saturated heterocycles. The van der Waals surface area contributed by atoms with E-state index in [0.717, 1.165) is 23.2 Å². The lowest BCUT2D eigenvalue weighted by Gasteiger charge is -2.18. The summed E-state index contributed by atoms with van der Waals surface area (Å²) in [6, 6.07) is 10.2. The Balaban J connectivity index is 2.15. The molecule has 4 heteroatoms. The van der Waals surface area contributed by atoms with Crippen LogP contribution in [-0.4, -0.2) is 20.9 Å². The highest BCUT2D eigenvalue weighted by molar-refractivity contribution is 5.85. The molecule has 0 spiro atoms. The molecule has 0 bridgehead atoms. The number of benzene rings is 1. The van der Waals surface area contributed by atoms with E-state index in [4.69, 9.17) is 0 Å². The molecule has 22 heavy (non-hydrogen) atoms. The number of hydrogen-bond acceptors (Lipinski definition) is 3. The first-order valence-corrected chi connectivity index (χ1v) is 7.31. The molecule has 0 aliphatic rings. The third-order valence-corrected chi connectivity index (χ3v) is 3.81. The van der Waals surface area contributed by atoms with Crippen LogP contribution in [0.1, 0.15) is 42.3 Å². The third-order valence-electron chi connectivity index (χ3n) is 3.81. The smallest absolute Gasteiger partial charge is 0.171 e. The van der Waals surface area contributed by atoms with Gasteiger partial charge in [-0.05, 0) is 29.5 Å². The van der Waals surface area contributed by atoms with Gasteiger partial charge in [0.25, 0.3) is 0 Å². The molecule has 4 nitrogen and oxygen atoms in total. The minimum absolute atomic E-state index is 0.118. The van der Waals surface area contributed by atoms with Crippen molar-refractivity contribution in [3.63, 3.8) is 0 Å². The van der Waals surface area contributed by atoms with Gasteiger partial charge in [-0.2, -0.15) is 0 Å². The Morgan fingerprint density at radius 3 is 2.36 bits per heavy atom. The van der Waals surface area contributed by atoms with Gasteiger partial charge in [0.05, 0.1) is 5.56 Å². The highest BCUT2D eigenvalue weighted by Gasteiger charge is 2.15. The van der Waals surface area contributed by atoms with Crippen LogP contribution < -0.4 is 0 Å². The summed E-state index contributed by atoms with van der Waals surface area (Å²) in [5, 5.41) is 8.42. The predicted molar refractivity (Wildman–Crippen MR) is 87.2 cm³/mol. The molecule has 0 aliphatic carbocycles. The van der Waals surface area contributed by atoms with Crippen LogP contribution in [0, 0.1) is 6.92 Å². The molecule has 3 rings (SSSR count). The normalized spacial score (nSPS) is 11.8. The maximum atomic E-state index is 11.2. The van der Waals surface area contributed by atoms with E-state index < -0.39 is 0 Å². The number of pyridine rings is 1. The lowest BCUT2D eigenvalue weighted by Crippen LogP contribution is -2.10. The average molecular weight is 293 g/mol. The van der Waals surface area contributed by atoms with Crippen LogP contribution in [-0.2, 0) is 5.41 Å². The summed E-state index contributed by atoms with van der Waals surface area (Å²) in [5.74, 6) is 0.752. The van der Waals surface area contributed by atoms with Gasteiger partial charge in [0.1, 0.15) is 0 Å². The van der Waals surface area contributed by atoms with Crippen molar-refractivity contribution in [3.05, 3.63) is 53.2 Å². The zero-order valence-electron chi connectivity index (χ0n) is 13.3. The fourth-order valence-electron chi connectivity index (χ4n) is 2.56. The molecule has 0 amide bonds. The Morgan fingerprint density at radius 2 is 1.77 bits per heavy atom. The summed E-state index contributed by atoms with van der Waals surface area (Å²) in [5.41, 5.74) is 4.53. The maximum absolute atomic E-state index is 11.2. The molecule has 0 radical (unpaired) electrons. The van der Waals surface area contributed by atoms with Crippen molar-refractivity contribution in [2.24, 2.45) is 0 Å². The highest BCUT2D eigenvalue weighted by Crippen LogP contribution is 2.26. The number of fused-ring (bicyclic) bond motifs is 1. The Labute approximate surface area is 129 Å². The zero-order valence-corrected chi connectivity index (χ0v) is 13.3. The van der Waals surface area contributed by atoms with Crippen LogP contribution >= 0.6 is 0 Å². The second kappa shape index (κ2) is 5.05. The Hall–Kier alpha value is -2.49. The molecule has 1 aromatic carbocycles. The minimum Gasteiger partial charge on any atom is -0.298 e. The molecule has 112 valence electrons. The fraction of sp³-hybridized carbons (Fsp3) is 0.278. The number of aldehydes is 1. The van der Waals surface area contributed by atoms with Crippen molar-refractivity contribution in [1.29, 1.82) is 0 Å². The van der Waals surface area contributed by atoms with Crippen molar-refractivity contribution in [1.82, 2.24) is 14.6 Å². The first-order chi connectivity index (χ1) is 10.4. The van der Waals surface area contributed by atoms with Crippen LogP contribution in [0.3, 0.4) is 0 Å². The number of aromatic nitrogens is 3. The van der Waals surface area contributed by atoms with Gasteiger partial charge < -0.3 is 0 Å². The van der Waals surface area contributed by atoms with Gasteiger partial charge in [-0.25, -0.2) is 0 Å². The monoisotopic (exact) mass is 293 g/mol. The number of rotatable bonds is 2. The molecule has 0 unspecified atom stereocenters. The topological polar surface area (TPSA) is 47.3 Å². The van der Waals surface area contributed by atoms with Gasteiger partial charge in [0, 0.05) is 11.8 Å². The molecule has 0 aliphatic heterocycles. The highest BCUT2D eigenvalue weighted by atomic mass is 16.1. The number of carbonyl (C=O) groups excluding carboxylic acids is 1. The van der Waals surface area contributed by atoms with Gasteiger partial charge in [-0.1, -0.05) is 45.0 Å². The van der Waals surface area contributed by atoms with Crippen molar-refractivity contribution in [2.75, 3.05) is 0 Å². The Kier molecular flexibility index (Phi) is 3.32. The number of carbonyl (C=O) groups is 1. The van der Waals surface area contributed by atoms with Crippen molar-refractivity contribution >= 4 is 11.9 Å². The number of aryl methyl sites for hydroxylation is 1. The summed E-state index contributed by atoms with van der Waals surface area (Å²) >= 11 is 0. The van der Waals surface area contributed by atoms with E-state index in [2.05, 4.69) is 55.2 Å². The first-order valence-electron chi connectivity index (χ1n) is 7.31. The summed E-state index contributed by atoms with van der Waals surface area (Å²) in [4.78, 5) is 11.2. The average Bonchev–Trinajstić information content (AvgIpc) is 2.89. The van der Waals surface area contributed by atoms with Crippen LogP contribution in [0.2, 0.25) is 0 Å². The second-order valence-electron chi connectivity index (χ2n) is 6.64. The van der Waals surface area contributed by atoms with Gasteiger partial charge in [-0.15, -0.1) is 10.2 Å². The zero-order chi connectivity index (χ0) is 15.9. The van der Waals surface area contributed by atoms with E-state index in [1.54, 1.807) is 0 Å². The van der Waals surface area contributed by atoms with Crippen molar-refractivity contribution < 1.29 is 4.79 Å². The molecule has 0 N–H and O–H groups in total. The SMILES string of the molecule is Cc1cc(C=O)c2nnc(-c3ccc(C(C)(C)C)cc3)n2c1. The lowest BCUT2D eigenvalue weighted by atomic mass is 9.87. The maximum Gasteiger partial charge on any atom is 0.171 e. The Morgan fingerprint density at radius 1 is 1.09 bits per heavy atom. The number of nitrogens with zero attached hydrogens (tertiary/aromatic N) is 3. The molecular formula is C18H19N3O. The molecule has 3 aromatic rings. The third kappa shape index (κ3) is 2.41. The molecule has 2 heterocycles. The largest absolute Gasteiger partial charge is 0.298 e. The van der Waals surface area contributed by atoms with Gasteiger partial charge in [-0.3, -0.25) is 9.20 Å². The fourth-order valence-corrected chi connectivity index (χ4v) is 2.56. The molecule has 0 fully saturated rings. The van der Waals surface area contributed by atoms with Gasteiger partial charge in [0.2, 0.25) is 0 Å². The summed E-state index contributed by atoms with van der Waals surface area (Å²) in [6.45, 7) is 8.52. The predicted octanol–water partition coefficient (Wildman–Crippen LogP) is 3.81. The molecule has 0 saturated carbocycles. The summed E-state index contributed by atoms with van der Waals surface area (Å²) in [7, 11) is 0. The van der Waals surface area contributed by atoms with Crippen LogP contribution in [0.15, 0.2) is 36.5 Å². The first kappa shape index (κ1) is 14.4. The van der Waals surface area contributed by atoms with Gasteiger partial charge >= 0.3 is 0 Å². The molecular weight excluding hydrogens is 274 g/mol. The summed E-state index contributed by atoms with van der Waals surface area (Å²) in [6.07, 6.45) is 2.78. The number of hydrogen-bond donors (Lipinski definition) is 0. The standard InChI is InChI=1S/C18H19N3O/c1-12-9-14(11-22)17-20-19-16(21(17)10-12)13-5-7-15(8-6-13)18(2,3)4/h5-11H,1-4H3. The van der Waals surface area contributed by atoms with Crippen LogP contribution in [0.4, 0.5) is 0 Å². The molecule has 2 aromatic heterocycles. The van der Waals surface area contributed by atoms with E-state index in [-0.39, 0.29) is 5.41 Å². The van der Waals surface area contributed by atoms with E-state index in [1.807, 2.05) is 23.6 Å². The van der Waals surface area contributed by atoms with E-state index in [1.165, 1.54) is 5.56 Å². The van der Waals surface area contributed by atoms with Crippen LogP contribution in [0.5, 0.6) is 0 Å². The van der Waals surface area contributed by atoms with Crippen molar-refractivity contribution in [3.8, 4) is 11.4 Å². The van der Waals surface area contributed by atoms with Crippen LogP contribution in [0.25, 0.3) is 17.0 Å². The lowest BCUT2D eigenvalue weighted by molar-refractivity contribution is 0.112. The minimum atomic E-state index is 0.118. The quantitative estimate of drug-likeness (QED) is 0.675. The van der Waals surface area contributed by atoms with E-state index in [0.29, 0.717) is 11.2 Å². The van der Waals surface area contributed by atoms with E-state index in [9.17, 15) is 4.79 Å². The molecule has 0 atom stereocenters. The van der Waals surface area contributed by atoms with Crippen molar-refractivity contribution in [2.45, 2.75) is 33.1 Å². The van der Waals surface area contributed by atoms with E-state index >= 15 is 0 Å². The summed E-state index contributed by atoms with van der Waals surface area (Å²) < 4.78 is 1.88.